The van der Waals surface area contributed by atoms with Crippen LogP contribution in [0.3, 0.4) is 0 Å². The van der Waals surface area contributed by atoms with Crippen LogP contribution >= 0.6 is 0 Å². The van der Waals surface area contributed by atoms with Crippen molar-refractivity contribution in [2.45, 2.75) is 26.8 Å². The van der Waals surface area contributed by atoms with Crippen LogP contribution in [0, 0.1) is 6.92 Å². The molecule has 0 saturated heterocycles. The van der Waals surface area contributed by atoms with Gasteiger partial charge in [0.15, 0.2) is 0 Å². The minimum absolute atomic E-state index is 0.515. The van der Waals surface area contributed by atoms with E-state index in [1.54, 1.807) is 0 Å². The highest BCUT2D eigenvalue weighted by molar-refractivity contribution is 5.44. The lowest BCUT2D eigenvalue weighted by atomic mass is 10.2. The van der Waals surface area contributed by atoms with Gasteiger partial charge in [0.25, 0.3) is 0 Å². The number of hydrogen-bond donors (Lipinski definition) is 2. The Hall–Kier alpha value is -1.13. The summed E-state index contributed by atoms with van der Waals surface area (Å²) in [6.45, 7) is 6.92. The lowest BCUT2D eigenvalue weighted by Gasteiger charge is -2.10. The molecule has 90 valence electrons. The summed E-state index contributed by atoms with van der Waals surface area (Å²) in [6, 6.07) is 4.00. The molecule has 0 radical (unpaired) electrons. The monoisotopic (exact) mass is 223 g/mol. The Balaban J connectivity index is 2.42. The summed E-state index contributed by atoms with van der Waals surface area (Å²) < 4.78 is 5.27. The Labute approximate surface area is 97.2 Å². The van der Waals surface area contributed by atoms with Gasteiger partial charge < -0.3 is 15.8 Å². The molecule has 0 aliphatic carbocycles. The van der Waals surface area contributed by atoms with E-state index in [1.807, 2.05) is 26.0 Å². The molecule has 4 heteroatoms. The smallest absolute Gasteiger partial charge is 0.130 e. The van der Waals surface area contributed by atoms with Crippen LogP contribution in [0.5, 0.6) is 0 Å². The van der Waals surface area contributed by atoms with Crippen molar-refractivity contribution in [1.29, 1.82) is 0 Å². The van der Waals surface area contributed by atoms with Crippen LogP contribution < -0.4 is 11.1 Å². The highest BCUT2D eigenvalue weighted by Crippen LogP contribution is 2.12. The average molecular weight is 223 g/mol. The molecule has 1 aromatic heterocycles. The first-order valence-electron chi connectivity index (χ1n) is 5.76. The molecule has 0 aliphatic heterocycles. The Bertz CT molecular complexity index is 315. The number of nitrogens with one attached hydrogen (secondary N) is 1. The summed E-state index contributed by atoms with van der Waals surface area (Å²) >= 11 is 0. The van der Waals surface area contributed by atoms with Crippen LogP contribution in [0.2, 0.25) is 0 Å². The summed E-state index contributed by atoms with van der Waals surface area (Å²) in [7, 11) is 0. The molecule has 0 aromatic carbocycles. The molecule has 3 N–H and O–H groups in total. The van der Waals surface area contributed by atoms with E-state index in [1.165, 1.54) is 0 Å². The van der Waals surface area contributed by atoms with Crippen molar-refractivity contribution in [2.75, 3.05) is 25.1 Å². The molecule has 0 saturated carbocycles. The van der Waals surface area contributed by atoms with Gasteiger partial charge in [-0.2, -0.15) is 0 Å². The standard InChI is InChI=1S/C12H21N3O/c1-3-16-8-4-7-14-12-11(9-13)6-5-10(2)15-12/h5-6H,3-4,7-9,13H2,1-2H3,(H,14,15). The maximum absolute atomic E-state index is 5.65. The van der Waals surface area contributed by atoms with E-state index in [4.69, 9.17) is 10.5 Å². The highest BCUT2D eigenvalue weighted by Gasteiger charge is 2.01. The lowest BCUT2D eigenvalue weighted by molar-refractivity contribution is 0.147. The maximum atomic E-state index is 5.65. The fourth-order valence-corrected chi connectivity index (χ4v) is 1.43. The molecule has 4 nitrogen and oxygen atoms in total. The van der Waals surface area contributed by atoms with Crippen LogP contribution in [-0.4, -0.2) is 24.7 Å². The summed E-state index contributed by atoms with van der Waals surface area (Å²) in [5.41, 5.74) is 7.71. The summed E-state index contributed by atoms with van der Waals surface area (Å²) in [4.78, 5) is 4.43. The second-order valence-electron chi connectivity index (χ2n) is 3.64. The second-order valence-corrected chi connectivity index (χ2v) is 3.64. The molecular formula is C12H21N3O. The molecular weight excluding hydrogens is 202 g/mol. The summed E-state index contributed by atoms with van der Waals surface area (Å²) in [6.07, 6.45) is 0.980. The van der Waals surface area contributed by atoms with Crippen molar-refractivity contribution in [1.82, 2.24) is 4.98 Å². The van der Waals surface area contributed by atoms with Gasteiger partial charge in [-0.1, -0.05) is 6.07 Å². The van der Waals surface area contributed by atoms with Gasteiger partial charge in [0.05, 0.1) is 0 Å². The van der Waals surface area contributed by atoms with Crippen molar-refractivity contribution in [3.05, 3.63) is 23.4 Å². The third-order valence-corrected chi connectivity index (χ3v) is 2.30. The van der Waals surface area contributed by atoms with Crippen LogP contribution in [0.25, 0.3) is 0 Å². The molecule has 0 bridgehead atoms. The molecule has 1 rings (SSSR count). The minimum Gasteiger partial charge on any atom is -0.382 e. The first-order valence-corrected chi connectivity index (χ1v) is 5.76. The van der Waals surface area contributed by atoms with Crippen molar-refractivity contribution < 1.29 is 4.74 Å². The van der Waals surface area contributed by atoms with Crippen LogP contribution in [0.15, 0.2) is 12.1 Å². The molecule has 0 atom stereocenters. The predicted octanol–water partition coefficient (Wildman–Crippen LogP) is 1.69. The summed E-state index contributed by atoms with van der Waals surface area (Å²) in [5.74, 6) is 0.902. The largest absolute Gasteiger partial charge is 0.382 e. The van der Waals surface area contributed by atoms with Gasteiger partial charge in [-0.25, -0.2) is 4.98 Å². The number of ether oxygens (including phenoxy) is 1. The van der Waals surface area contributed by atoms with Gasteiger partial charge in [-0.3, -0.25) is 0 Å². The quantitative estimate of drug-likeness (QED) is 0.691. The zero-order valence-corrected chi connectivity index (χ0v) is 10.1. The van der Waals surface area contributed by atoms with E-state index in [0.717, 1.165) is 43.3 Å². The molecule has 0 spiro atoms. The zero-order chi connectivity index (χ0) is 11.8. The Morgan fingerprint density at radius 3 is 2.94 bits per heavy atom. The van der Waals surface area contributed by atoms with E-state index in [-0.39, 0.29) is 0 Å². The van der Waals surface area contributed by atoms with Crippen molar-refractivity contribution in [3.63, 3.8) is 0 Å². The topological polar surface area (TPSA) is 60.2 Å². The van der Waals surface area contributed by atoms with Gasteiger partial charge in [0.1, 0.15) is 5.82 Å². The van der Waals surface area contributed by atoms with E-state index >= 15 is 0 Å². The van der Waals surface area contributed by atoms with Crippen LogP contribution in [0.1, 0.15) is 24.6 Å². The fourth-order valence-electron chi connectivity index (χ4n) is 1.43. The Morgan fingerprint density at radius 2 is 2.25 bits per heavy atom. The number of rotatable bonds is 7. The van der Waals surface area contributed by atoms with Gasteiger partial charge in [0, 0.05) is 37.6 Å². The predicted molar refractivity (Wildman–Crippen MR) is 66.5 cm³/mol. The number of nitrogens with zero attached hydrogens (tertiary/aromatic N) is 1. The zero-order valence-electron chi connectivity index (χ0n) is 10.1. The number of pyridine rings is 1. The van der Waals surface area contributed by atoms with E-state index in [0.29, 0.717) is 6.54 Å². The van der Waals surface area contributed by atoms with Gasteiger partial charge in [-0.05, 0) is 26.3 Å². The molecule has 0 amide bonds. The molecule has 0 aliphatic rings. The van der Waals surface area contributed by atoms with Gasteiger partial charge in [0.2, 0.25) is 0 Å². The number of hydrogen-bond acceptors (Lipinski definition) is 4. The molecule has 0 fully saturated rings. The fraction of sp³-hybridized carbons (Fsp3) is 0.583. The van der Waals surface area contributed by atoms with Crippen molar-refractivity contribution in [3.8, 4) is 0 Å². The van der Waals surface area contributed by atoms with Crippen LogP contribution in [-0.2, 0) is 11.3 Å². The van der Waals surface area contributed by atoms with E-state index < -0.39 is 0 Å². The first-order chi connectivity index (χ1) is 7.77. The number of aromatic nitrogens is 1. The maximum Gasteiger partial charge on any atom is 0.130 e. The SMILES string of the molecule is CCOCCCNc1nc(C)ccc1CN. The average Bonchev–Trinajstić information content (AvgIpc) is 2.29. The number of nitrogens with two attached hydrogens (primary N) is 1. The first kappa shape index (κ1) is 12.9. The number of aryl methyl sites for hydroxylation is 1. The van der Waals surface area contributed by atoms with Crippen LogP contribution in [0.4, 0.5) is 5.82 Å². The second kappa shape index (κ2) is 7.19. The number of anilines is 1. The lowest BCUT2D eigenvalue weighted by Crippen LogP contribution is -2.11. The third-order valence-electron chi connectivity index (χ3n) is 2.30. The highest BCUT2D eigenvalue weighted by atomic mass is 16.5. The summed E-state index contributed by atoms with van der Waals surface area (Å²) in [5, 5.41) is 3.29. The van der Waals surface area contributed by atoms with Gasteiger partial charge >= 0.3 is 0 Å². The molecule has 16 heavy (non-hydrogen) atoms. The van der Waals surface area contributed by atoms with E-state index in [9.17, 15) is 0 Å². The van der Waals surface area contributed by atoms with Crippen molar-refractivity contribution in [2.24, 2.45) is 5.73 Å². The third kappa shape index (κ3) is 4.16. The van der Waals surface area contributed by atoms with Gasteiger partial charge in [-0.15, -0.1) is 0 Å². The molecule has 1 aromatic rings. The normalized spacial score (nSPS) is 10.4. The van der Waals surface area contributed by atoms with Crippen molar-refractivity contribution >= 4 is 5.82 Å². The molecule has 0 unspecified atom stereocenters. The Kier molecular flexibility index (Phi) is 5.82. The Morgan fingerprint density at radius 1 is 1.44 bits per heavy atom. The minimum atomic E-state index is 0.515. The van der Waals surface area contributed by atoms with E-state index in [2.05, 4.69) is 10.3 Å². The molecule has 1 heterocycles.